The highest BCUT2D eigenvalue weighted by atomic mass is 32.2. The van der Waals surface area contributed by atoms with Gasteiger partial charge < -0.3 is 9.84 Å². The van der Waals surface area contributed by atoms with Crippen LogP contribution in [0.4, 0.5) is 5.69 Å². The topological polar surface area (TPSA) is 102 Å². The number of nitrogens with zero attached hydrogens (tertiary/aromatic N) is 3. The van der Waals surface area contributed by atoms with Crippen LogP contribution >= 0.6 is 0 Å². The maximum atomic E-state index is 13.3. The SMILES string of the molecule is CC#CCOc1ccc(S(=O)(=O)N(C)c2c(C(=O)O)ccc3c2c(C)nn3C)cc1. The summed E-state index contributed by atoms with van der Waals surface area (Å²) in [5, 5.41) is 14.5. The standard InChI is InChI=1S/C21H21N3O5S/c1-5-6-13-29-15-7-9-16(10-8-15)30(27,28)24(4)20-17(21(25)26)11-12-18-19(20)14(2)22-23(18)3/h7-12H,13H2,1-4H3,(H,25,26). The molecule has 0 saturated carbocycles. The smallest absolute Gasteiger partial charge is 0.337 e. The number of aromatic nitrogens is 2. The van der Waals surface area contributed by atoms with E-state index in [1.54, 1.807) is 31.6 Å². The molecule has 2 aromatic carbocycles. The zero-order valence-electron chi connectivity index (χ0n) is 17.0. The van der Waals surface area contributed by atoms with Crippen molar-refractivity contribution in [3.8, 4) is 17.6 Å². The first-order valence-corrected chi connectivity index (χ1v) is 10.4. The fraction of sp³-hybridized carbons (Fsp3) is 0.238. The van der Waals surface area contributed by atoms with Crippen molar-refractivity contribution in [1.29, 1.82) is 0 Å². The first-order valence-electron chi connectivity index (χ1n) is 8.99. The zero-order valence-corrected chi connectivity index (χ0v) is 17.8. The number of anilines is 1. The van der Waals surface area contributed by atoms with Crippen molar-refractivity contribution >= 4 is 32.6 Å². The zero-order chi connectivity index (χ0) is 22.1. The van der Waals surface area contributed by atoms with E-state index < -0.39 is 16.0 Å². The summed E-state index contributed by atoms with van der Waals surface area (Å²) in [7, 11) is -0.984. The lowest BCUT2D eigenvalue weighted by molar-refractivity contribution is 0.0698. The lowest BCUT2D eigenvalue weighted by Crippen LogP contribution is -2.28. The molecule has 3 aromatic rings. The van der Waals surface area contributed by atoms with Crippen LogP contribution in [-0.2, 0) is 17.1 Å². The Morgan fingerprint density at radius 1 is 1.23 bits per heavy atom. The van der Waals surface area contributed by atoms with Crippen molar-refractivity contribution in [2.24, 2.45) is 7.05 Å². The number of hydrogen-bond acceptors (Lipinski definition) is 5. The molecule has 0 aliphatic rings. The number of carboxylic acid groups (broad SMARTS) is 1. The Kier molecular flexibility index (Phi) is 5.71. The van der Waals surface area contributed by atoms with E-state index in [1.165, 1.54) is 37.4 Å². The largest absolute Gasteiger partial charge is 0.481 e. The lowest BCUT2D eigenvalue weighted by atomic mass is 10.1. The normalized spacial score (nSPS) is 11.1. The molecule has 0 aliphatic carbocycles. The van der Waals surface area contributed by atoms with Crippen LogP contribution < -0.4 is 9.04 Å². The molecule has 0 saturated heterocycles. The van der Waals surface area contributed by atoms with Gasteiger partial charge in [0.05, 0.1) is 27.4 Å². The van der Waals surface area contributed by atoms with Crippen molar-refractivity contribution in [3.05, 3.63) is 47.7 Å². The third-order valence-electron chi connectivity index (χ3n) is 4.68. The minimum absolute atomic E-state index is 0.00816. The number of rotatable bonds is 6. The maximum absolute atomic E-state index is 13.3. The van der Waals surface area contributed by atoms with Crippen LogP contribution in [0.2, 0.25) is 0 Å². The number of fused-ring (bicyclic) bond motifs is 1. The molecule has 0 amide bonds. The van der Waals surface area contributed by atoms with Gasteiger partial charge in [0.15, 0.2) is 0 Å². The number of aryl methyl sites for hydroxylation is 2. The van der Waals surface area contributed by atoms with Crippen LogP contribution in [0.1, 0.15) is 23.0 Å². The van der Waals surface area contributed by atoms with Crippen LogP contribution in [0.25, 0.3) is 10.9 Å². The fourth-order valence-electron chi connectivity index (χ4n) is 3.21. The molecule has 1 N–H and O–H groups in total. The molecular weight excluding hydrogens is 406 g/mol. The molecule has 0 spiro atoms. The van der Waals surface area contributed by atoms with E-state index in [0.29, 0.717) is 22.3 Å². The molecular formula is C21H21N3O5S. The third-order valence-corrected chi connectivity index (χ3v) is 6.45. The summed E-state index contributed by atoms with van der Waals surface area (Å²) in [4.78, 5) is 11.9. The summed E-state index contributed by atoms with van der Waals surface area (Å²) >= 11 is 0. The summed E-state index contributed by atoms with van der Waals surface area (Å²) in [6.07, 6.45) is 0. The van der Waals surface area contributed by atoms with Gasteiger partial charge in [-0.2, -0.15) is 5.10 Å². The molecule has 9 heteroatoms. The second-order valence-electron chi connectivity index (χ2n) is 6.53. The first kappa shape index (κ1) is 21.2. The van der Waals surface area contributed by atoms with Gasteiger partial charge in [-0.15, -0.1) is 5.92 Å². The summed E-state index contributed by atoms with van der Waals surface area (Å²) in [6, 6.07) is 8.90. The molecule has 156 valence electrons. The quantitative estimate of drug-likeness (QED) is 0.607. The van der Waals surface area contributed by atoms with Gasteiger partial charge in [0, 0.05) is 19.5 Å². The molecule has 30 heavy (non-hydrogen) atoms. The second kappa shape index (κ2) is 8.08. The van der Waals surface area contributed by atoms with Gasteiger partial charge in [-0.25, -0.2) is 13.2 Å². The monoisotopic (exact) mass is 427 g/mol. The van der Waals surface area contributed by atoms with E-state index in [4.69, 9.17) is 4.74 Å². The van der Waals surface area contributed by atoms with Gasteiger partial charge in [0.2, 0.25) is 0 Å². The van der Waals surface area contributed by atoms with Crippen molar-refractivity contribution < 1.29 is 23.1 Å². The van der Waals surface area contributed by atoms with Gasteiger partial charge in [-0.3, -0.25) is 8.99 Å². The fourth-order valence-corrected chi connectivity index (χ4v) is 4.44. The summed E-state index contributed by atoms with van der Waals surface area (Å²) in [5.41, 5.74) is 1.12. The Hall–Kier alpha value is -3.51. The predicted octanol–water partition coefficient (Wildman–Crippen LogP) is 2.81. The van der Waals surface area contributed by atoms with Crippen molar-refractivity contribution in [3.63, 3.8) is 0 Å². The maximum Gasteiger partial charge on any atom is 0.337 e. The number of aromatic carboxylic acids is 1. The van der Waals surface area contributed by atoms with E-state index in [9.17, 15) is 18.3 Å². The third kappa shape index (κ3) is 3.69. The van der Waals surface area contributed by atoms with Crippen LogP contribution in [0.3, 0.4) is 0 Å². The number of sulfonamides is 1. The highest BCUT2D eigenvalue weighted by Gasteiger charge is 2.29. The Bertz CT molecular complexity index is 1280. The van der Waals surface area contributed by atoms with Gasteiger partial charge in [-0.1, -0.05) is 5.92 Å². The molecule has 0 fully saturated rings. The van der Waals surface area contributed by atoms with Crippen LogP contribution in [0.5, 0.6) is 5.75 Å². The summed E-state index contributed by atoms with van der Waals surface area (Å²) in [5.74, 6) is 4.73. The van der Waals surface area contributed by atoms with Crippen molar-refractivity contribution in [2.45, 2.75) is 18.7 Å². The van der Waals surface area contributed by atoms with Crippen LogP contribution in [0, 0.1) is 18.8 Å². The van der Waals surface area contributed by atoms with E-state index in [0.717, 1.165) is 4.31 Å². The van der Waals surface area contributed by atoms with E-state index >= 15 is 0 Å². The summed E-state index contributed by atoms with van der Waals surface area (Å²) in [6.45, 7) is 3.61. The molecule has 0 bridgehead atoms. The molecule has 8 nitrogen and oxygen atoms in total. The molecule has 1 heterocycles. The van der Waals surface area contributed by atoms with Gasteiger partial charge >= 0.3 is 5.97 Å². The van der Waals surface area contributed by atoms with Crippen LogP contribution in [-0.4, -0.2) is 42.9 Å². The molecule has 3 rings (SSSR count). The highest BCUT2D eigenvalue weighted by Crippen LogP contribution is 2.35. The molecule has 0 aliphatic heterocycles. The average molecular weight is 427 g/mol. The number of ether oxygens (including phenoxy) is 1. The minimum Gasteiger partial charge on any atom is -0.481 e. The predicted molar refractivity (Wildman–Crippen MR) is 113 cm³/mol. The molecule has 1 aromatic heterocycles. The molecule has 0 atom stereocenters. The summed E-state index contributed by atoms with van der Waals surface area (Å²) < 4.78 is 34.6. The Labute approximate surface area is 174 Å². The second-order valence-corrected chi connectivity index (χ2v) is 8.50. The molecule has 0 radical (unpaired) electrons. The van der Waals surface area contributed by atoms with E-state index in [-0.39, 0.29) is 22.8 Å². The Balaban J connectivity index is 2.10. The number of hydrogen-bond donors (Lipinski definition) is 1. The number of carboxylic acids is 1. The average Bonchev–Trinajstić information content (AvgIpc) is 3.01. The number of carbonyl (C=O) groups is 1. The lowest BCUT2D eigenvalue weighted by Gasteiger charge is -2.22. The van der Waals surface area contributed by atoms with Crippen molar-refractivity contribution in [1.82, 2.24) is 9.78 Å². The first-order chi connectivity index (χ1) is 14.2. The Morgan fingerprint density at radius 3 is 2.50 bits per heavy atom. The molecule has 0 unspecified atom stereocenters. The van der Waals surface area contributed by atoms with Gasteiger partial charge in [0.25, 0.3) is 10.0 Å². The number of benzene rings is 2. The van der Waals surface area contributed by atoms with Crippen molar-refractivity contribution in [2.75, 3.05) is 18.0 Å². The van der Waals surface area contributed by atoms with Gasteiger partial charge in [0.1, 0.15) is 12.4 Å². The van der Waals surface area contributed by atoms with E-state index in [2.05, 4.69) is 16.9 Å². The van der Waals surface area contributed by atoms with Gasteiger partial charge in [-0.05, 0) is 50.2 Å². The van der Waals surface area contributed by atoms with Crippen LogP contribution in [0.15, 0.2) is 41.3 Å². The Morgan fingerprint density at radius 2 is 1.90 bits per heavy atom. The highest BCUT2D eigenvalue weighted by molar-refractivity contribution is 7.92. The van der Waals surface area contributed by atoms with E-state index in [1.807, 2.05) is 0 Å². The minimum atomic E-state index is -4.04.